The summed E-state index contributed by atoms with van der Waals surface area (Å²) in [6.07, 6.45) is -2.35. The summed E-state index contributed by atoms with van der Waals surface area (Å²) in [6.45, 7) is 0.908. The van der Waals surface area contributed by atoms with Gasteiger partial charge in [-0.2, -0.15) is 0 Å². The molecule has 5 atom stereocenters. The van der Waals surface area contributed by atoms with Crippen LogP contribution in [0.2, 0.25) is 0 Å². The van der Waals surface area contributed by atoms with Gasteiger partial charge < -0.3 is 39.7 Å². The number of phenolic OH excluding ortho intramolecular Hbond substituents is 1. The van der Waals surface area contributed by atoms with Crippen LogP contribution >= 0.6 is 0 Å². The molecule has 0 bridgehead atoms. The number of carbonyl (C=O) groups is 3. The van der Waals surface area contributed by atoms with Gasteiger partial charge in [0.05, 0.1) is 37.9 Å². The number of likely N-dealkylation sites (N-methyl/N-ethyl adjacent to an activating group) is 1. The molecule has 0 aromatic heterocycles. The number of carbonyl (C=O) groups excluding carboxylic acids is 3. The van der Waals surface area contributed by atoms with Gasteiger partial charge in [0, 0.05) is 25.1 Å². The Kier molecular flexibility index (Phi) is 12.9. The highest BCUT2D eigenvalue weighted by molar-refractivity contribution is 6.06. The van der Waals surface area contributed by atoms with Gasteiger partial charge in [-0.3, -0.25) is 14.5 Å². The highest BCUT2D eigenvalue weighted by Gasteiger charge is 2.40. The van der Waals surface area contributed by atoms with Crippen LogP contribution in [0.4, 0.5) is 4.79 Å². The van der Waals surface area contributed by atoms with E-state index in [1.54, 1.807) is 24.3 Å². The fraction of sp³-hybridized carbons (Fsp3) is 0.283. The van der Waals surface area contributed by atoms with Crippen LogP contribution in [0.3, 0.4) is 0 Å². The summed E-state index contributed by atoms with van der Waals surface area (Å²) in [5, 5.41) is 32.9. The molecule has 12 nitrogen and oxygen atoms in total. The lowest BCUT2D eigenvalue weighted by Gasteiger charge is -2.38. The minimum Gasteiger partial charge on any atom is -0.508 e. The number of amides is 3. The summed E-state index contributed by atoms with van der Waals surface area (Å²) < 4.78 is 18.3. The molecule has 5 aromatic carbocycles. The van der Waals surface area contributed by atoms with Crippen molar-refractivity contribution in [3.63, 3.8) is 0 Å². The molecule has 1 unspecified atom stereocenters. The first-order valence-electron chi connectivity index (χ1n) is 19.3. The maximum atomic E-state index is 13.2. The molecule has 0 saturated carbocycles. The standard InChI is InChI=1S/C46H47N3O9/c1-48(27-41(52)37-11-6-12-38(51)22-37)26-39-23-42(34-15-13-30(28-50)14-16-34)58-45(57-39)35-19-17-33(18-20-35)36-10-5-9-32(21-36)25-49-43(53)24-40(44(49)54)47-46(55)56-29-31-7-3-2-4-8-31/h2-22,39-42,45,50-52H,23-29H2,1H3,(H,47,55)/t39-,40?,41+,42+,45+/m0/s1. The van der Waals surface area contributed by atoms with E-state index in [0.29, 0.717) is 25.1 Å². The fourth-order valence-electron chi connectivity index (χ4n) is 7.32. The molecule has 58 heavy (non-hydrogen) atoms. The van der Waals surface area contributed by atoms with E-state index in [2.05, 4.69) is 5.32 Å². The lowest BCUT2D eigenvalue weighted by Crippen LogP contribution is -2.41. The third-order valence-electron chi connectivity index (χ3n) is 10.4. The predicted molar refractivity (Wildman–Crippen MR) is 215 cm³/mol. The number of alkyl carbamates (subject to hydrolysis) is 1. The van der Waals surface area contributed by atoms with Crippen molar-refractivity contribution in [2.75, 3.05) is 20.1 Å². The summed E-state index contributed by atoms with van der Waals surface area (Å²) in [6, 6.07) is 38.0. The van der Waals surface area contributed by atoms with Crippen molar-refractivity contribution >= 4 is 17.9 Å². The average molecular weight is 786 g/mol. The minimum atomic E-state index is -0.994. The molecule has 2 saturated heterocycles. The number of nitrogens with zero attached hydrogens (tertiary/aromatic N) is 2. The van der Waals surface area contributed by atoms with E-state index in [-0.39, 0.29) is 50.0 Å². The molecular formula is C46H47N3O9. The van der Waals surface area contributed by atoms with Gasteiger partial charge >= 0.3 is 6.09 Å². The summed E-state index contributed by atoms with van der Waals surface area (Å²) in [5.41, 5.74) is 6.58. The van der Waals surface area contributed by atoms with E-state index in [1.165, 1.54) is 0 Å². The molecule has 3 amide bonds. The van der Waals surface area contributed by atoms with E-state index in [4.69, 9.17) is 14.2 Å². The topological polar surface area (TPSA) is 158 Å². The largest absolute Gasteiger partial charge is 0.508 e. The van der Waals surface area contributed by atoms with Crippen LogP contribution in [-0.2, 0) is 43.6 Å². The number of ether oxygens (including phenoxy) is 3. The van der Waals surface area contributed by atoms with Crippen LogP contribution in [-0.4, -0.2) is 75.3 Å². The molecule has 2 fully saturated rings. The summed E-state index contributed by atoms with van der Waals surface area (Å²) >= 11 is 0. The van der Waals surface area contributed by atoms with E-state index in [9.17, 15) is 29.7 Å². The molecule has 12 heteroatoms. The summed E-state index contributed by atoms with van der Waals surface area (Å²) in [4.78, 5) is 41.7. The number of rotatable bonds is 14. The first-order valence-corrected chi connectivity index (χ1v) is 19.3. The third kappa shape index (κ3) is 10.2. The van der Waals surface area contributed by atoms with Crippen LogP contribution in [0.15, 0.2) is 127 Å². The first-order chi connectivity index (χ1) is 28.1. The highest BCUT2D eigenvalue weighted by Crippen LogP contribution is 2.39. The van der Waals surface area contributed by atoms with Crippen molar-refractivity contribution in [3.8, 4) is 16.9 Å². The van der Waals surface area contributed by atoms with Gasteiger partial charge in [-0.05, 0) is 64.2 Å². The number of aromatic hydroxyl groups is 1. The zero-order valence-electron chi connectivity index (χ0n) is 32.1. The number of nitrogens with one attached hydrogen (secondary N) is 1. The smallest absolute Gasteiger partial charge is 0.408 e. The Balaban J connectivity index is 0.999. The minimum absolute atomic E-state index is 0.0496. The van der Waals surface area contributed by atoms with E-state index >= 15 is 0 Å². The van der Waals surface area contributed by atoms with Crippen LogP contribution < -0.4 is 5.32 Å². The van der Waals surface area contributed by atoms with Gasteiger partial charge in [0.15, 0.2) is 6.29 Å². The predicted octanol–water partition coefficient (Wildman–Crippen LogP) is 6.32. The average Bonchev–Trinajstić information content (AvgIpc) is 3.50. The maximum Gasteiger partial charge on any atom is 0.408 e. The number of aliphatic hydroxyl groups is 2. The Labute approximate surface area is 337 Å². The van der Waals surface area contributed by atoms with Gasteiger partial charge in [0.1, 0.15) is 18.4 Å². The Morgan fingerprint density at radius 1 is 0.845 bits per heavy atom. The van der Waals surface area contributed by atoms with Crippen molar-refractivity contribution in [3.05, 3.63) is 161 Å². The highest BCUT2D eigenvalue weighted by atomic mass is 16.7. The Bertz CT molecular complexity index is 2180. The van der Waals surface area contributed by atoms with Crippen molar-refractivity contribution < 1.29 is 43.9 Å². The van der Waals surface area contributed by atoms with Gasteiger partial charge in [0.2, 0.25) is 5.91 Å². The molecular weight excluding hydrogens is 739 g/mol. The fourth-order valence-corrected chi connectivity index (χ4v) is 7.32. The molecule has 300 valence electrons. The molecule has 2 aliphatic rings. The van der Waals surface area contributed by atoms with Crippen LogP contribution in [0.1, 0.15) is 64.7 Å². The van der Waals surface area contributed by atoms with Gasteiger partial charge in [0.25, 0.3) is 5.91 Å². The Morgan fingerprint density at radius 2 is 1.57 bits per heavy atom. The second-order valence-electron chi connectivity index (χ2n) is 14.8. The number of likely N-dealkylation sites (tertiary alicyclic amines) is 1. The number of benzene rings is 5. The molecule has 0 spiro atoms. The van der Waals surface area contributed by atoms with E-state index < -0.39 is 30.4 Å². The third-order valence-corrected chi connectivity index (χ3v) is 10.4. The molecule has 4 N–H and O–H groups in total. The second-order valence-corrected chi connectivity index (χ2v) is 14.8. The van der Waals surface area contributed by atoms with Crippen LogP contribution in [0.5, 0.6) is 5.75 Å². The summed E-state index contributed by atoms with van der Waals surface area (Å²) in [5.74, 6) is -0.759. The molecule has 0 aliphatic carbocycles. The lowest BCUT2D eigenvalue weighted by molar-refractivity contribution is -0.252. The number of phenols is 1. The number of aliphatic hydroxyl groups excluding tert-OH is 2. The van der Waals surface area contributed by atoms with Crippen LogP contribution in [0, 0.1) is 0 Å². The van der Waals surface area contributed by atoms with Crippen molar-refractivity contribution in [1.82, 2.24) is 15.1 Å². The quantitative estimate of drug-likeness (QED) is 0.0940. The normalized spacial score (nSPS) is 20.0. The second kappa shape index (κ2) is 18.6. The van der Waals surface area contributed by atoms with Gasteiger partial charge in [-0.1, -0.05) is 109 Å². The monoisotopic (exact) mass is 785 g/mol. The zero-order valence-corrected chi connectivity index (χ0v) is 32.1. The summed E-state index contributed by atoms with van der Waals surface area (Å²) in [7, 11) is 1.92. The van der Waals surface area contributed by atoms with Crippen molar-refractivity contribution in [1.29, 1.82) is 0 Å². The van der Waals surface area contributed by atoms with Gasteiger partial charge in [-0.15, -0.1) is 0 Å². The SMILES string of the molecule is CN(C[C@@H]1C[C@H](c2ccc(CO)cc2)O[C@H](c2ccc(-c3cccc(CN4C(=O)CC(NC(=O)OCc5ccccc5)C4=O)c3)cc2)O1)C[C@@H](O)c1cccc(O)c1. The number of hydrogen-bond donors (Lipinski definition) is 4. The molecule has 2 heterocycles. The maximum absolute atomic E-state index is 13.2. The Hall–Kier alpha value is -5.89. The zero-order chi connectivity index (χ0) is 40.6. The van der Waals surface area contributed by atoms with Crippen LogP contribution in [0.25, 0.3) is 11.1 Å². The first kappa shape index (κ1) is 40.3. The molecule has 5 aromatic rings. The van der Waals surface area contributed by atoms with Crippen molar-refractivity contribution in [2.45, 2.75) is 63.2 Å². The number of hydrogen-bond acceptors (Lipinski definition) is 10. The molecule has 0 radical (unpaired) electrons. The lowest BCUT2D eigenvalue weighted by atomic mass is 9.98. The van der Waals surface area contributed by atoms with Crippen molar-refractivity contribution in [2.24, 2.45) is 0 Å². The molecule has 2 aliphatic heterocycles. The van der Waals surface area contributed by atoms with Gasteiger partial charge in [-0.25, -0.2) is 4.79 Å². The van der Waals surface area contributed by atoms with E-state index in [0.717, 1.165) is 43.8 Å². The molecule has 7 rings (SSSR count). The van der Waals surface area contributed by atoms with E-state index in [1.807, 2.05) is 115 Å². The Morgan fingerprint density at radius 3 is 2.31 bits per heavy atom. The number of imide groups is 1.